The van der Waals surface area contributed by atoms with Gasteiger partial charge in [0.25, 0.3) is 5.91 Å². The number of halogens is 1. The number of nitrogens with zero attached hydrogens (tertiary/aromatic N) is 1. The van der Waals surface area contributed by atoms with Gasteiger partial charge in [-0.2, -0.15) is 0 Å². The zero-order chi connectivity index (χ0) is 25.1. The molecule has 0 radical (unpaired) electrons. The molecule has 2 unspecified atom stereocenters. The number of esters is 1. The summed E-state index contributed by atoms with van der Waals surface area (Å²) in [6.07, 6.45) is 0. The van der Waals surface area contributed by atoms with E-state index in [1.165, 1.54) is 24.1 Å². The molecule has 0 saturated carbocycles. The summed E-state index contributed by atoms with van der Waals surface area (Å²) in [5.74, 6) is -3.41. The highest BCUT2D eigenvalue weighted by molar-refractivity contribution is 6.49. The molecule has 1 aliphatic rings. The minimum atomic E-state index is -1.31. The molecule has 0 N–H and O–H groups in total. The SMILES string of the molecule is CCOC(=O)c1ccc(N2C(=O)C(=O)C(C(=O)c3ccc(OC)cc3)C2c2ccccc2Cl)cc1. The molecule has 1 fully saturated rings. The number of hydrogen-bond acceptors (Lipinski definition) is 6. The van der Waals surface area contributed by atoms with E-state index in [2.05, 4.69) is 0 Å². The first-order valence-electron chi connectivity index (χ1n) is 10.9. The van der Waals surface area contributed by atoms with E-state index >= 15 is 0 Å². The lowest BCUT2D eigenvalue weighted by atomic mass is 9.86. The van der Waals surface area contributed by atoms with Crippen LogP contribution in [0.4, 0.5) is 5.69 Å². The third-order valence-electron chi connectivity index (χ3n) is 5.84. The first kappa shape index (κ1) is 24.2. The Labute approximate surface area is 207 Å². The second-order valence-corrected chi connectivity index (χ2v) is 8.25. The molecule has 1 saturated heterocycles. The normalized spacial score (nSPS) is 17.4. The smallest absolute Gasteiger partial charge is 0.338 e. The molecule has 0 bridgehead atoms. The quantitative estimate of drug-likeness (QED) is 0.206. The van der Waals surface area contributed by atoms with Gasteiger partial charge in [-0.15, -0.1) is 0 Å². The molecule has 35 heavy (non-hydrogen) atoms. The van der Waals surface area contributed by atoms with Crippen LogP contribution in [0.25, 0.3) is 0 Å². The summed E-state index contributed by atoms with van der Waals surface area (Å²) in [7, 11) is 1.51. The van der Waals surface area contributed by atoms with Crippen molar-refractivity contribution in [3.8, 4) is 5.75 Å². The highest BCUT2D eigenvalue weighted by atomic mass is 35.5. The molecule has 178 valence electrons. The number of carbonyl (C=O) groups is 4. The van der Waals surface area contributed by atoms with E-state index < -0.39 is 35.4 Å². The molecular formula is C27H22ClNO6. The molecule has 1 heterocycles. The highest BCUT2D eigenvalue weighted by Crippen LogP contribution is 2.43. The van der Waals surface area contributed by atoms with Crippen molar-refractivity contribution in [2.45, 2.75) is 13.0 Å². The van der Waals surface area contributed by atoms with Gasteiger partial charge in [-0.05, 0) is 67.1 Å². The average molecular weight is 492 g/mol. The van der Waals surface area contributed by atoms with Gasteiger partial charge < -0.3 is 9.47 Å². The molecule has 0 aliphatic carbocycles. The van der Waals surface area contributed by atoms with Crippen LogP contribution in [-0.2, 0) is 14.3 Å². The van der Waals surface area contributed by atoms with Crippen molar-refractivity contribution in [3.63, 3.8) is 0 Å². The first-order chi connectivity index (χ1) is 16.9. The number of benzene rings is 3. The van der Waals surface area contributed by atoms with E-state index in [0.717, 1.165) is 0 Å². The Morgan fingerprint density at radius 3 is 2.14 bits per heavy atom. The largest absolute Gasteiger partial charge is 0.497 e. The van der Waals surface area contributed by atoms with Crippen molar-refractivity contribution >= 4 is 40.7 Å². The summed E-state index contributed by atoms with van der Waals surface area (Å²) >= 11 is 6.47. The van der Waals surface area contributed by atoms with Crippen molar-refractivity contribution in [3.05, 3.63) is 94.5 Å². The predicted octanol–water partition coefficient (Wildman–Crippen LogP) is 4.68. The van der Waals surface area contributed by atoms with Gasteiger partial charge in [0, 0.05) is 16.3 Å². The first-order valence-corrected chi connectivity index (χ1v) is 11.3. The third-order valence-corrected chi connectivity index (χ3v) is 6.19. The molecule has 2 atom stereocenters. The molecule has 7 nitrogen and oxygen atoms in total. The molecule has 3 aromatic carbocycles. The second kappa shape index (κ2) is 10.1. The molecule has 1 aliphatic heterocycles. The maximum atomic E-state index is 13.5. The summed E-state index contributed by atoms with van der Waals surface area (Å²) in [4.78, 5) is 53.3. The van der Waals surface area contributed by atoms with Crippen LogP contribution >= 0.6 is 11.6 Å². The predicted molar refractivity (Wildman–Crippen MR) is 130 cm³/mol. The molecule has 4 rings (SSSR count). The fourth-order valence-electron chi connectivity index (χ4n) is 4.15. The second-order valence-electron chi connectivity index (χ2n) is 7.84. The number of rotatable bonds is 7. The van der Waals surface area contributed by atoms with Gasteiger partial charge in [0.05, 0.1) is 25.3 Å². The minimum absolute atomic E-state index is 0.226. The van der Waals surface area contributed by atoms with Crippen LogP contribution in [-0.4, -0.2) is 37.2 Å². The van der Waals surface area contributed by atoms with E-state index in [0.29, 0.717) is 27.6 Å². The van der Waals surface area contributed by atoms with Crippen molar-refractivity contribution in [2.75, 3.05) is 18.6 Å². The Balaban J connectivity index is 1.79. The van der Waals surface area contributed by atoms with Gasteiger partial charge in [0.15, 0.2) is 5.78 Å². The number of amides is 1. The molecule has 3 aromatic rings. The van der Waals surface area contributed by atoms with E-state index in [-0.39, 0.29) is 12.2 Å². The fourth-order valence-corrected chi connectivity index (χ4v) is 4.40. The number of hydrogen-bond donors (Lipinski definition) is 0. The highest BCUT2D eigenvalue weighted by Gasteiger charge is 2.52. The molecule has 0 spiro atoms. The minimum Gasteiger partial charge on any atom is -0.497 e. The van der Waals surface area contributed by atoms with Gasteiger partial charge in [-0.25, -0.2) is 4.79 Å². The lowest BCUT2D eigenvalue weighted by Gasteiger charge is -2.28. The number of methoxy groups -OCH3 is 1. The third kappa shape index (κ3) is 4.55. The Kier molecular flexibility index (Phi) is 6.98. The van der Waals surface area contributed by atoms with Gasteiger partial charge in [0.1, 0.15) is 11.7 Å². The lowest BCUT2D eigenvalue weighted by molar-refractivity contribution is -0.135. The summed E-state index contributed by atoms with van der Waals surface area (Å²) in [5, 5.41) is 0.320. The summed E-state index contributed by atoms with van der Waals surface area (Å²) < 4.78 is 10.2. The number of ether oxygens (including phenoxy) is 2. The number of carbonyl (C=O) groups excluding carboxylic acids is 4. The van der Waals surface area contributed by atoms with Gasteiger partial charge in [0.2, 0.25) is 5.78 Å². The van der Waals surface area contributed by atoms with Crippen LogP contribution in [0.2, 0.25) is 5.02 Å². The van der Waals surface area contributed by atoms with Crippen molar-refractivity contribution in [2.24, 2.45) is 5.92 Å². The number of anilines is 1. The zero-order valence-corrected chi connectivity index (χ0v) is 19.8. The summed E-state index contributed by atoms with van der Waals surface area (Å²) in [6, 6.07) is 18.3. The maximum absolute atomic E-state index is 13.5. The Bertz CT molecular complexity index is 1290. The topological polar surface area (TPSA) is 90.0 Å². The van der Waals surface area contributed by atoms with Crippen LogP contribution in [0.15, 0.2) is 72.8 Å². The Morgan fingerprint density at radius 1 is 0.914 bits per heavy atom. The van der Waals surface area contributed by atoms with Crippen LogP contribution in [0.3, 0.4) is 0 Å². The molecular weight excluding hydrogens is 470 g/mol. The Hall–Kier alpha value is -3.97. The van der Waals surface area contributed by atoms with Gasteiger partial charge >= 0.3 is 5.97 Å². The Morgan fingerprint density at radius 2 is 1.54 bits per heavy atom. The van der Waals surface area contributed by atoms with E-state index in [4.69, 9.17) is 21.1 Å². The fraction of sp³-hybridized carbons (Fsp3) is 0.185. The molecule has 8 heteroatoms. The van der Waals surface area contributed by atoms with Crippen molar-refractivity contribution < 1.29 is 28.7 Å². The number of ketones is 2. The zero-order valence-electron chi connectivity index (χ0n) is 19.1. The summed E-state index contributed by atoms with van der Waals surface area (Å²) in [6.45, 7) is 1.93. The van der Waals surface area contributed by atoms with Gasteiger partial charge in [-0.1, -0.05) is 29.8 Å². The van der Waals surface area contributed by atoms with Crippen molar-refractivity contribution in [1.29, 1.82) is 0 Å². The van der Waals surface area contributed by atoms with Crippen LogP contribution in [0, 0.1) is 5.92 Å². The standard InChI is InChI=1S/C27H22ClNO6/c1-3-35-27(33)17-8-12-18(13-9-17)29-23(20-6-4-5-7-21(20)28)22(25(31)26(29)32)24(30)16-10-14-19(34-2)15-11-16/h4-15,22-23H,3H2,1-2H3. The van der Waals surface area contributed by atoms with Gasteiger partial charge in [-0.3, -0.25) is 19.3 Å². The van der Waals surface area contributed by atoms with E-state index in [9.17, 15) is 19.2 Å². The average Bonchev–Trinajstić information content (AvgIpc) is 3.14. The summed E-state index contributed by atoms with van der Waals surface area (Å²) in [5.41, 5.74) is 1.39. The lowest BCUT2D eigenvalue weighted by Crippen LogP contribution is -2.31. The van der Waals surface area contributed by atoms with Crippen LogP contribution in [0.5, 0.6) is 5.75 Å². The van der Waals surface area contributed by atoms with Crippen LogP contribution in [0.1, 0.15) is 39.2 Å². The van der Waals surface area contributed by atoms with Crippen molar-refractivity contribution in [1.82, 2.24) is 0 Å². The number of Topliss-reactive ketones (excluding diaryl/α,β-unsaturated/α-hetero) is 2. The van der Waals surface area contributed by atoms with Crippen LogP contribution < -0.4 is 9.64 Å². The maximum Gasteiger partial charge on any atom is 0.338 e. The van der Waals surface area contributed by atoms with E-state index in [1.807, 2.05) is 0 Å². The molecule has 1 amide bonds. The molecule has 0 aromatic heterocycles. The van der Waals surface area contributed by atoms with E-state index in [1.54, 1.807) is 67.6 Å². The monoisotopic (exact) mass is 491 g/mol.